The highest BCUT2D eigenvalue weighted by Crippen LogP contribution is 2.55. The average Bonchev–Trinajstić information content (AvgIpc) is 2.64. The van der Waals surface area contributed by atoms with E-state index in [-0.39, 0.29) is 5.54 Å². The fourth-order valence-electron chi connectivity index (χ4n) is 5.89. The molecular weight excluding hydrogens is 384 g/mol. The zero-order valence-corrected chi connectivity index (χ0v) is 17.6. The number of benzene rings is 1. The maximum Gasteiger partial charge on any atom is 0.347 e. The number of ether oxygens (including phenoxy) is 2. The fourth-order valence-corrected chi connectivity index (χ4v) is 5.89. The number of nitrogens with one attached hydrogen (secondary N) is 2. The monoisotopic (exact) mass is 414 g/mol. The molecule has 4 aliphatic rings. The van der Waals surface area contributed by atoms with Gasteiger partial charge in [0.2, 0.25) is 0 Å². The molecule has 5 rings (SSSR count). The van der Waals surface area contributed by atoms with Gasteiger partial charge in [0.15, 0.2) is 12.7 Å². The van der Waals surface area contributed by atoms with Gasteiger partial charge in [0, 0.05) is 5.54 Å². The Morgan fingerprint density at radius 1 is 1.10 bits per heavy atom. The van der Waals surface area contributed by atoms with Gasteiger partial charge in [-0.05, 0) is 87.8 Å². The summed E-state index contributed by atoms with van der Waals surface area (Å²) in [6, 6.07) is 6.82. The topological polar surface area (TPSA) is 93.7 Å². The Labute approximate surface area is 176 Å². The predicted octanol–water partition coefficient (Wildman–Crippen LogP) is 3.10. The van der Waals surface area contributed by atoms with E-state index >= 15 is 0 Å². The van der Waals surface area contributed by atoms with Crippen LogP contribution in [0.1, 0.15) is 51.0 Å². The summed E-state index contributed by atoms with van der Waals surface area (Å²) in [5.41, 5.74) is 0.837. The van der Waals surface area contributed by atoms with Crippen LogP contribution in [-0.2, 0) is 14.3 Å². The maximum absolute atomic E-state index is 12.4. The molecule has 4 bridgehead atoms. The molecule has 1 aromatic carbocycles. The maximum atomic E-state index is 12.4. The van der Waals surface area contributed by atoms with Gasteiger partial charge in [0.05, 0.1) is 0 Å². The van der Waals surface area contributed by atoms with Crippen molar-refractivity contribution in [3.05, 3.63) is 29.8 Å². The Kier molecular flexibility index (Phi) is 5.71. The number of esters is 1. The number of amides is 3. The largest absolute Gasteiger partial charge is 0.479 e. The normalized spacial score (nSPS) is 29.7. The molecule has 1 aromatic rings. The summed E-state index contributed by atoms with van der Waals surface area (Å²) in [4.78, 5) is 36.6. The third kappa shape index (κ3) is 4.77. The zero-order valence-electron chi connectivity index (χ0n) is 17.6. The molecule has 0 radical (unpaired) electrons. The Bertz CT molecular complexity index is 801. The highest BCUT2D eigenvalue weighted by atomic mass is 16.6. The zero-order chi connectivity index (χ0) is 21.3. The number of urea groups is 1. The second kappa shape index (κ2) is 8.28. The van der Waals surface area contributed by atoms with E-state index in [1.807, 2.05) is 25.1 Å². The molecule has 0 aliphatic heterocycles. The van der Waals surface area contributed by atoms with Crippen molar-refractivity contribution in [2.75, 3.05) is 6.61 Å². The minimum absolute atomic E-state index is 0.175. The SMILES string of the molecule is Cc1cccc(O[C@@H](C)C(=O)OCC(=O)NC(=O)NC23CC4CC(CC(C4)C2)C3)c1. The van der Waals surface area contributed by atoms with Crippen molar-refractivity contribution in [2.45, 2.75) is 64.0 Å². The molecule has 3 amide bonds. The lowest BCUT2D eigenvalue weighted by Crippen LogP contribution is -2.62. The molecule has 4 fully saturated rings. The van der Waals surface area contributed by atoms with Crippen LogP contribution in [0.2, 0.25) is 0 Å². The molecule has 30 heavy (non-hydrogen) atoms. The lowest BCUT2D eigenvalue weighted by atomic mass is 9.53. The van der Waals surface area contributed by atoms with Gasteiger partial charge in [0.1, 0.15) is 5.75 Å². The van der Waals surface area contributed by atoms with Crippen molar-refractivity contribution < 1.29 is 23.9 Å². The van der Waals surface area contributed by atoms with Crippen molar-refractivity contribution in [1.29, 1.82) is 0 Å². The van der Waals surface area contributed by atoms with Crippen LogP contribution in [0.3, 0.4) is 0 Å². The van der Waals surface area contributed by atoms with Gasteiger partial charge >= 0.3 is 12.0 Å². The smallest absolute Gasteiger partial charge is 0.347 e. The van der Waals surface area contributed by atoms with Gasteiger partial charge < -0.3 is 14.8 Å². The van der Waals surface area contributed by atoms with E-state index in [0.29, 0.717) is 23.5 Å². The van der Waals surface area contributed by atoms with Gasteiger partial charge in [-0.2, -0.15) is 0 Å². The van der Waals surface area contributed by atoms with Crippen molar-refractivity contribution in [2.24, 2.45) is 17.8 Å². The van der Waals surface area contributed by atoms with Gasteiger partial charge in [-0.3, -0.25) is 10.1 Å². The molecule has 0 aromatic heterocycles. The minimum Gasteiger partial charge on any atom is -0.479 e. The molecule has 7 heteroatoms. The van der Waals surface area contributed by atoms with Crippen LogP contribution in [0.4, 0.5) is 4.79 Å². The van der Waals surface area contributed by atoms with Crippen LogP contribution >= 0.6 is 0 Å². The minimum atomic E-state index is -0.861. The number of carbonyl (C=O) groups excluding carboxylic acids is 3. The summed E-state index contributed by atoms with van der Waals surface area (Å²) < 4.78 is 10.6. The Morgan fingerprint density at radius 3 is 2.33 bits per heavy atom. The number of hydrogen-bond acceptors (Lipinski definition) is 5. The molecule has 0 spiro atoms. The van der Waals surface area contributed by atoms with E-state index < -0.39 is 30.6 Å². The molecule has 1 atom stereocenters. The van der Waals surface area contributed by atoms with Gasteiger partial charge in [-0.25, -0.2) is 9.59 Å². The van der Waals surface area contributed by atoms with E-state index in [4.69, 9.17) is 9.47 Å². The first kappa shape index (κ1) is 20.7. The summed E-state index contributed by atoms with van der Waals surface area (Å²) >= 11 is 0. The molecule has 0 heterocycles. The lowest BCUT2D eigenvalue weighted by Gasteiger charge is -2.56. The molecule has 4 saturated carbocycles. The first-order chi connectivity index (χ1) is 14.3. The quantitative estimate of drug-likeness (QED) is 0.698. The van der Waals surface area contributed by atoms with E-state index in [0.717, 1.165) is 24.8 Å². The van der Waals surface area contributed by atoms with E-state index in [1.165, 1.54) is 19.3 Å². The average molecular weight is 415 g/mol. The van der Waals surface area contributed by atoms with Crippen molar-refractivity contribution in [3.63, 3.8) is 0 Å². The van der Waals surface area contributed by atoms with Crippen molar-refractivity contribution in [3.8, 4) is 5.75 Å². The van der Waals surface area contributed by atoms with Crippen LogP contribution in [0.25, 0.3) is 0 Å². The molecular formula is C23H30N2O5. The van der Waals surface area contributed by atoms with E-state index in [9.17, 15) is 14.4 Å². The molecule has 0 saturated heterocycles. The van der Waals surface area contributed by atoms with Gasteiger partial charge in [0.25, 0.3) is 5.91 Å². The van der Waals surface area contributed by atoms with Crippen LogP contribution in [0.5, 0.6) is 5.75 Å². The summed E-state index contributed by atoms with van der Waals surface area (Å²) in [5.74, 6) is 1.34. The number of carbonyl (C=O) groups is 3. The molecule has 7 nitrogen and oxygen atoms in total. The van der Waals surface area contributed by atoms with E-state index in [2.05, 4.69) is 10.6 Å². The van der Waals surface area contributed by atoms with E-state index in [1.54, 1.807) is 13.0 Å². The summed E-state index contributed by atoms with van der Waals surface area (Å²) in [7, 11) is 0. The van der Waals surface area contributed by atoms with Gasteiger partial charge in [-0.1, -0.05) is 12.1 Å². The predicted molar refractivity (Wildman–Crippen MR) is 110 cm³/mol. The lowest BCUT2D eigenvalue weighted by molar-refractivity contribution is -0.154. The Hall–Kier alpha value is -2.57. The highest BCUT2D eigenvalue weighted by Gasteiger charge is 2.51. The summed E-state index contributed by atoms with van der Waals surface area (Å²) in [6.07, 6.45) is 5.98. The second-order valence-corrected chi connectivity index (χ2v) is 9.38. The molecule has 162 valence electrons. The molecule has 4 aliphatic carbocycles. The fraction of sp³-hybridized carbons (Fsp3) is 0.609. The highest BCUT2D eigenvalue weighted by molar-refractivity contribution is 5.96. The number of imide groups is 1. The summed E-state index contributed by atoms with van der Waals surface area (Å²) in [6.45, 7) is 2.96. The number of aryl methyl sites for hydroxylation is 1. The second-order valence-electron chi connectivity index (χ2n) is 9.38. The van der Waals surface area contributed by atoms with Gasteiger partial charge in [-0.15, -0.1) is 0 Å². The first-order valence-electron chi connectivity index (χ1n) is 10.8. The Morgan fingerprint density at radius 2 is 1.73 bits per heavy atom. The van der Waals surface area contributed by atoms with Crippen LogP contribution in [0, 0.1) is 24.7 Å². The van der Waals surface area contributed by atoms with Crippen LogP contribution < -0.4 is 15.4 Å². The van der Waals surface area contributed by atoms with Crippen molar-refractivity contribution in [1.82, 2.24) is 10.6 Å². The molecule has 2 N–H and O–H groups in total. The third-order valence-corrected chi connectivity index (χ3v) is 6.65. The third-order valence-electron chi connectivity index (χ3n) is 6.65. The Balaban J connectivity index is 1.21. The number of rotatable bonds is 6. The van der Waals surface area contributed by atoms with Crippen LogP contribution in [0.15, 0.2) is 24.3 Å². The number of hydrogen-bond donors (Lipinski definition) is 2. The first-order valence-corrected chi connectivity index (χ1v) is 10.8. The standard InChI is InChI=1S/C23H30N2O5/c1-14-4-3-5-19(6-14)30-15(2)21(27)29-13-20(26)24-22(28)25-23-10-16-7-17(11-23)9-18(8-16)12-23/h3-6,15-18H,7-13H2,1-2H3,(H2,24,25,26,28)/t15-,16?,17?,18?,23?/m0/s1. The summed E-state index contributed by atoms with van der Waals surface area (Å²) in [5, 5.41) is 5.37. The van der Waals surface area contributed by atoms with Crippen LogP contribution in [-0.4, -0.2) is 36.2 Å². The molecule has 0 unspecified atom stereocenters. The van der Waals surface area contributed by atoms with Crippen molar-refractivity contribution >= 4 is 17.9 Å².